The molecule has 1 amide bonds. The van der Waals surface area contributed by atoms with Gasteiger partial charge in [0, 0.05) is 31.9 Å². The maximum atomic E-state index is 12.5. The minimum absolute atomic E-state index is 0.164. The Kier molecular flexibility index (Phi) is 4.97. The molecule has 0 fully saturated rings. The molecule has 1 aromatic rings. The highest BCUT2D eigenvalue weighted by Crippen LogP contribution is 2.37. The van der Waals surface area contributed by atoms with Gasteiger partial charge in [0.1, 0.15) is 0 Å². The highest BCUT2D eigenvalue weighted by molar-refractivity contribution is 6.02. The lowest BCUT2D eigenvalue weighted by Gasteiger charge is -2.25. The maximum Gasteiger partial charge on any atom is 0.302 e. The third-order valence-corrected chi connectivity index (χ3v) is 4.73. The Morgan fingerprint density at radius 1 is 1.08 bits per heavy atom. The Bertz CT molecular complexity index is 680. The minimum atomic E-state index is -0.259. The molecule has 0 saturated carbocycles. The van der Waals surface area contributed by atoms with Crippen LogP contribution in [0.4, 0.5) is 5.69 Å². The smallest absolute Gasteiger partial charge is 0.302 e. The summed E-state index contributed by atoms with van der Waals surface area (Å²) in [4.78, 5) is 36.9. The number of esters is 1. The molecule has 2 heterocycles. The van der Waals surface area contributed by atoms with Crippen molar-refractivity contribution in [3.05, 3.63) is 28.8 Å². The normalized spacial score (nSPS) is 15.4. The lowest BCUT2D eigenvalue weighted by molar-refractivity contribution is -0.141. The van der Waals surface area contributed by atoms with Crippen LogP contribution in [0.3, 0.4) is 0 Å². The van der Waals surface area contributed by atoms with E-state index in [9.17, 15) is 14.4 Å². The number of carbonyl (C=O) groups is 3. The van der Waals surface area contributed by atoms with Crippen molar-refractivity contribution < 1.29 is 19.1 Å². The highest BCUT2D eigenvalue weighted by Gasteiger charge is 2.31. The lowest BCUT2D eigenvalue weighted by atomic mass is 9.94. The van der Waals surface area contributed by atoms with Crippen molar-refractivity contribution in [1.82, 2.24) is 0 Å². The summed E-state index contributed by atoms with van der Waals surface area (Å²) in [6.45, 7) is 2.57. The first kappa shape index (κ1) is 16.7. The fraction of sp³-hybridized carbons (Fsp3) is 0.526. The van der Waals surface area contributed by atoms with Gasteiger partial charge in [-0.2, -0.15) is 0 Å². The number of aryl methyl sites for hydroxylation is 1. The zero-order valence-electron chi connectivity index (χ0n) is 14.1. The Labute approximate surface area is 142 Å². The molecule has 1 aromatic carbocycles. The van der Waals surface area contributed by atoms with Crippen molar-refractivity contribution in [3.63, 3.8) is 0 Å². The Balaban J connectivity index is 1.57. The number of anilines is 1. The summed E-state index contributed by atoms with van der Waals surface area (Å²) in [5.74, 6) is 0.107. The SMILES string of the molecule is CC(=O)OCCCCCC(=O)c1cc2c3c(c1)CCN3C(=O)CC2. The van der Waals surface area contributed by atoms with Crippen molar-refractivity contribution in [2.75, 3.05) is 18.1 Å². The van der Waals surface area contributed by atoms with E-state index in [2.05, 4.69) is 0 Å². The molecule has 0 aliphatic carbocycles. The van der Waals surface area contributed by atoms with Gasteiger partial charge in [-0.3, -0.25) is 14.4 Å². The van der Waals surface area contributed by atoms with Crippen molar-refractivity contribution >= 4 is 23.3 Å². The fourth-order valence-corrected chi connectivity index (χ4v) is 3.54. The zero-order chi connectivity index (χ0) is 17.1. The van der Waals surface area contributed by atoms with Gasteiger partial charge < -0.3 is 9.64 Å². The largest absolute Gasteiger partial charge is 0.466 e. The number of unbranched alkanes of at least 4 members (excludes halogenated alkanes) is 2. The average molecular weight is 329 g/mol. The van der Waals surface area contributed by atoms with Gasteiger partial charge in [-0.05, 0) is 55.4 Å². The van der Waals surface area contributed by atoms with Crippen LogP contribution in [-0.4, -0.2) is 30.8 Å². The predicted octanol–water partition coefficient (Wildman–Crippen LogP) is 2.83. The van der Waals surface area contributed by atoms with Gasteiger partial charge in [0.2, 0.25) is 5.91 Å². The van der Waals surface area contributed by atoms with Crippen LogP contribution in [0.2, 0.25) is 0 Å². The highest BCUT2D eigenvalue weighted by atomic mass is 16.5. The monoisotopic (exact) mass is 329 g/mol. The molecule has 0 unspecified atom stereocenters. The molecule has 128 valence electrons. The van der Waals surface area contributed by atoms with Crippen molar-refractivity contribution in [2.24, 2.45) is 0 Å². The second-order valence-electron chi connectivity index (χ2n) is 6.51. The molecule has 3 rings (SSSR count). The number of ether oxygens (including phenoxy) is 1. The minimum Gasteiger partial charge on any atom is -0.466 e. The summed E-state index contributed by atoms with van der Waals surface area (Å²) in [7, 11) is 0. The third-order valence-electron chi connectivity index (χ3n) is 4.73. The second kappa shape index (κ2) is 7.16. The van der Waals surface area contributed by atoms with Gasteiger partial charge in [0.15, 0.2) is 5.78 Å². The van der Waals surface area contributed by atoms with Gasteiger partial charge in [-0.1, -0.05) is 0 Å². The van der Waals surface area contributed by atoms with Gasteiger partial charge in [-0.15, -0.1) is 0 Å². The Morgan fingerprint density at radius 3 is 2.58 bits per heavy atom. The van der Waals surface area contributed by atoms with Crippen LogP contribution in [-0.2, 0) is 27.2 Å². The molecule has 0 radical (unpaired) electrons. The second-order valence-corrected chi connectivity index (χ2v) is 6.51. The molecular formula is C19H23NO4. The predicted molar refractivity (Wildman–Crippen MR) is 90.3 cm³/mol. The van der Waals surface area contributed by atoms with E-state index < -0.39 is 0 Å². The lowest BCUT2D eigenvalue weighted by Crippen LogP contribution is -2.32. The molecule has 5 heteroatoms. The van der Waals surface area contributed by atoms with E-state index in [1.165, 1.54) is 6.92 Å². The zero-order valence-corrected chi connectivity index (χ0v) is 14.1. The van der Waals surface area contributed by atoms with Crippen LogP contribution >= 0.6 is 0 Å². The quantitative estimate of drug-likeness (QED) is 0.438. The van der Waals surface area contributed by atoms with E-state index in [4.69, 9.17) is 4.74 Å². The number of ketones is 1. The van der Waals surface area contributed by atoms with Crippen molar-refractivity contribution in [3.8, 4) is 0 Å². The summed E-state index contributed by atoms with van der Waals surface area (Å²) in [5.41, 5.74) is 4.12. The maximum absolute atomic E-state index is 12.5. The number of nitrogens with zero attached hydrogens (tertiary/aromatic N) is 1. The first-order valence-corrected chi connectivity index (χ1v) is 8.69. The topological polar surface area (TPSA) is 63.7 Å². The molecule has 0 N–H and O–H groups in total. The standard InChI is InChI=1S/C19H23NO4/c1-13(21)24-10-4-2-3-5-17(22)16-11-14-6-7-18(23)20-9-8-15(12-16)19(14)20/h11-12H,2-10H2,1H3. The van der Waals surface area contributed by atoms with Crippen LogP contribution in [0.1, 0.15) is 60.5 Å². The molecule has 0 aromatic heterocycles. The molecule has 5 nitrogen and oxygen atoms in total. The van der Waals surface area contributed by atoms with Crippen LogP contribution in [0.5, 0.6) is 0 Å². The molecule has 2 aliphatic rings. The van der Waals surface area contributed by atoms with E-state index in [1.807, 2.05) is 17.0 Å². The Hall–Kier alpha value is -2.17. The van der Waals surface area contributed by atoms with E-state index >= 15 is 0 Å². The third kappa shape index (κ3) is 3.50. The van der Waals surface area contributed by atoms with Gasteiger partial charge in [0.05, 0.1) is 12.3 Å². The van der Waals surface area contributed by atoms with Gasteiger partial charge in [-0.25, -0.2) is 0 Å². The number of Topliss-reactive ketones (excluding diaryl/α,β-unsaturated/α-hetero) is 1. The van der Waals surface area contributed by atoms with E-state index in [1.54, 1.807) is 0 Å². The summed E-state index contributed by atoms with van der Waals surface area (Å²) in [6.07, 6.45) is 5.11. The van der Waals surface area contributed by atoms with Crippen LogP contribution < -0.4 is 4.90 Å². The number of benzene rings is 1. The van der Waals surface area contributed by atoms with E-state index in [0.29, 0.717) is 19.4 Å². The molecule has 0 saturated heterocycles. The molecular weight excluding hydrogens is 306 g/mol. The number of carbonyl (C=O) groups excluding carboxylic acids is 3. The molecule has 24 heavy (non-hydrogen) atoms. The number of rotatable bonds is 7. The van der Waals surface area contributed by atoms with Crippen LogP contribution in [0.25, 0.3) is 0 Å². The number of amides is 1. The molecule has 2 aliphatic heterocycles. The summed E-state index contributed by atoms with van der Waals surface area (Å²) in [5, 5.41) is 0. The molecule has 0 spiro atoms. The molecule has 0 atom stereocenters. The van der Waals surface area contributed by atoms with Crippen molar-refractivity contribution in [1.29, 1.82) is 0 Å². The first-order valence-electron chi connectivity index (χ1n) is 8.69. The summed E-state index contributed by atoms with van der Waals surface area (Å²) < 4.78 is 4.88. The van der Waals surface area contributed by atoms with E-state index in [0.717, 1.165) is 61.0 Å². The van der Waals surface area contributed by atoms with Crippen LogP contribution in [0, 0.1) is 0 Å². The fourth-order valence-electron chi connectivity index (χ4n) is 3.54. The number of hydrogen-bond acceptors (Lipinski definition) is 4. The van der Waals surface area contributed by atoms with Crippen LogP contribution in [0.15, 0.2) is 12.1 Å². The summed E-state index contributed by atoms with van der Waals surface area (Å²) >= 11 is 0. The Morgan fingerprint density at radius 2 is 1.83 bits per heavy atom. The van der Waals surface area contributed by atoms with Gasteiger partial charge >= 0.3 is 5.97 Å². The summed E-state index contributed by atoms with van der Waals surface area (Å²) in [6, 6.07) is 3.95. The van der Waals surface area contributed by atoms with Crippen molar-refractivity contribution in [2.45, 2.75) is 51.9 Å². The van der Waals surface area contributed by atoms with Gasteiger partial charge in [0.25, 0.3) is 0 Å². The average Bonchev–Trinajstić information content (AvgIpc) is 2.99. The number of hydrogen-bond donors (Lipinski definition) is 0. The molecule has 0 bridgehead atoms. The first-order chi connectivity index (χ1) is 11.6. The van der Waals surface area contributed by atoms with E-state index in [-0.39, 0.29) is 17.7 Å².